The van der Waals surface area contributed by atoms with Gasteiger partial charge in [0.05, 0.1) is 0 Å². The van der Waals surface area contributed by atoms with E-state index in [4.69, 9.17) is 0 Å². The van der Waals surface area contributed by atoms with Gasteiger partial charge in [-0.15, -0.1) is 12.4 Å². The summed E-state index contributed by atoms with van der Waals surface area (Å²) in [4.78, 5) is 12.8. The maximum absolute atomic E-state index is 12.8. The summed E-state index contributed by atoms with van der Waals surface area (Å²) in [5.41, 5.74) is 4.76. The smallest absolute Gasteiger partial charge is 0.251 e. The predicted molar refractivity (Wildman–Crippen MR) is 99.0 cm³/mol. The van der Waals surface area contributed by atoms with E-state index in [-0.39, 0.29) is 24.4 Å². The highest BCUT2D eigenvalue weighted by Crippen LogP contribution is 2.26. The molecule has 1 aliphatic heterocycles. The summed E-state index contributed by atoms with van der Waals surface area (Å²) in [5.74, 6) is 0.531. The molecule has 2 N–H and O–H groups in total. The van der Waals surface area contributed by atoms with Crippen molar-refractivity contribution >= 4 is 18.3 Å². The van der Waals surface area contributed by atoms with E-state index < -0.39 is 0 Å². The van der Waals surface area contributed by atoms with Crippen molar-refractivity contribution in [3.05, 3.63) is 70.8 Å². The van der Waals surface area contributed by atoms with E-state index in [1.807, 2.05) is 18.2 Å². The monoisotopic (exact) mass is 342 g/mol. The Morgan fingerprint density at radius 2 is 1.67 bits per heavy atom. The van der Waals surface area contributed by atoms with E-state index in [1.165, 1.54) is 16.7 Å². The van der Waals surface area contributed by atoms with Crippen LogP contribution in [0.15, 0.2) is 48.5 Å². The first-order valence-corrected chi connectivity index (χ1v) is 8.48. The number of amides is 1. The lowest BCUT2D eigenvalue weighted by atomic mass is 9.93. The SMILES string of the molecule is Cl.O=C(NC1Cc2ccccc2C1)c1ccccc1C1CCNC1. The number of fused-ring (bicyclic) bond motifs is 1. The van der Waals surface area contributed by atoms with Crippen molar-refractivity contribution in [2.45, 2.75) is 31.2 Å². The van der Waals surface area contributed by atoms with Crippen LogP contribution in [0, 0.1) is 0 Å². The molecular formula is C20H23ClN2O. The Morgan fingerprint density at radius 3 is 2.33 bits per heavy atom. The summed E-state index contributed by atoms with van der Waals surface area (Å²) in [6.07, 6.45) is 2.99. The van der Waals surface area contributed by atoms with Crippen molar-refractivity contribution in [3.8, 4) is 0 Å². The van der Waals surface area contributed by atoms with Crippen LogP contribution in [-0.4, -0.2) is 25.0 Å². The third kappa shape index (κ3) is 3.33. The second kappa shape index (κ2) is 7.37. The molecule has 0 radical (unpaired) electrons. The van der Waals surface area contributed by atoms with E-state index in [1.54, 1.807) is 0 Å². The van der Waals surface area contributed by atoms with Crippen molar-refractivity contribution in [1.29, 1.82) is 0 Å². The van der Waals surface area contributed by atoms with Crippen LogP contribution >= 0.6 is 12.4 Å². The molecule has 0 spiro atoms. The molecule has 1 aliphatic carbocycles. The highest BCUT2D eigenvalue weighted by Gasteiger charge is 2.26. The Bertz CT molecular complexity index is 700. The van der Waals surface area contributed by atoms with E-state index in [9.17, 15) is 4.79 Å². The molecule has 1 unspecified atom stereocenters. The van der Waals surface area contributed by atoms with Crippen LogP contribution < -0.4 is 10.6 Å². The van der Waals surface area contributed by atoms with Gasteiger partial charge >= 0.3 is 0 Å². The molecule has 4 rings (SSSR count). The van der Waals surface area contributed by atoms with Crippen LogP contribution in [0.25, 0.3) is 0 Å². The van der Waals surface area contributed by atoms with Gasteiger partial charge in [-0.1, -0.05) is 42.5 Å². The highest BCUT2D eigenvalue weighted by molar-refractivity contribution is 5.96. The minimum absolute atomic E-state index is 0. The number of carbonyl (C=O) groups excluding carboxylic acids is 1. The van der Waals surface area contributed by atoms with Crippen LogP contribution in [0.5, 0.6) is 0 Å². The molecule has 1 heterocycles. The third-order valence-electron chi connectivity index (χ3n) is 5.09. The van der Waals surface area contributed by atoms with Crippen LogP contribution in [0.3, 0.4) is 0 Å². The van der Waals surface area contributed by atoms with Crippen molar-refractivity contribution in [2.75, 3.05) is 13.1 Å². The molecule has 1 fully saturated rings. The minimum atomic E-state index is 0. The van der Waals surface area contributed by atoms with Crippen LogP contribution in [-0.2, 0) is 12.8 Å². The second-order valence-electron chi connectivity index (χ2n) is 6.62. The first-order valence-electron chi connectivity index (χ1n) is 8.48. The Balaban J connectivity index is 0.00000169. The number of nitrogens with one attached hydrogen (secondary N) is 2. The van der Waals surface area contributed by atoms with Gasteiger partial charge in [-0.25, -0.2) is 0 Å². The van der Waals surface area contributed by atoms with Gasteiger partial charge in [0.1, 0.15) is 0 Å². The van der Waals surface area contributed by atoms with Gasteiger partial charge in [-0.3, -0.25) is 4.79 Å². The van der Waals surface area contributed by atoms with Crippen molar-refractivity contribution < 1.29 is 4.79 Å². The number of hydrogen-bond acceptors (Lipinski definition) is 2. The normalized spacial score (nSPS) is 19.6. The van der Waals surface area contributed by atoms with Crippen molar-refractivity contribution in [2.24, 2.45) is 0 Å². The molecule has 24 heavy (non-hydrogen) atoms. The molecule has 0 aromatic heterocycles. The zero-order valence-corrected chi connectivity index (χ0v) is 14.4. The zero-order valence-electron chi connectivity index (χ0n) is 13.6. The average molecular weight is 343 g/mol. The molecule has 0 saturated carbocycles. The van der Waals surface area contributed by atoms with Crippen molar-refractivity contribution in [1.82, 2.24) is 10.6 Å². The fourth-order valence-corrected chi connectivity index (χ4v) is 3.90. The lowest BCUT2D eigenvalue weighted by molar-refractivity contribution is 0.0937. The van der Waals surface area contributed by atoms with Crippen LogP contribution in [0.4, 0.5) is 0 Å². The van der Waals surface area contributed by atoms with Gasteiger partial charge in [-0.05, 0) is 54.5 Å². The molecule has 1 atom stereocenters. The molecule has 2 aliphatic rings. The lowest BCUT2D eigenvalue weighted by Crippen LogP contribution is -2.36. The zero-order chi connectivity index (χ0) is 15.6. The molecule has 4 heteroatoms. The summed E-state index contributed by atoms with van der Waals surface area (Å²) in [5, 5.41) is 6.64. The number of hydrogen-bond donors (Lipinski definition) is 2. The van der Waals surface area contributed by atoms with Gasteiger partial charge in [0.2, 0.25) is 0 Å². The summed E-state index contributed by atoms with van der Waals surface area (Å²) in [6.45, 7) is 2.01. The van der Waals surface area contributed by atoms with Gasteiger partial charge in [0, 0.05) is 18.2 Å². The Kier molecular flexibility index (Phi) is 5.22. The maximum Gasteiger partial charge on any atom is 0.251 e. The largest absolute Gasteiger partial charge is 0.349 e. The lowest BCUT2D eigenvalue weighted by Gasteiger charge is -2.17. The van der Waals surface area contributed by atoms with Crippen molar-refractivity contribution in [3.63, 3.8) is 0 Å². The van der Waals surface area contributed by atoms with E-state index in [2.05, 4.69) is 41.0 Å². The average Bonchev–Trinajstić information content (AvgIpc) is 3.24. The Hall–Kier alpha value is -1.84. The molecular weight excluding hydrogens is 320 g/mol. The molecule has 0 bridgehead atoms. The van der Waals surface area contributed by atoms with E-state index >= 15 is 0 Å². The molecule has 126 valence electrons. The fourth-order valence-electron chi connectivity index (χ4n) is 3.90. The minimum Gasteiger partial charge on any atom is -0.349 e. The predicted octanol–water partition coefficient (Wildman–Crippen LogP) is 3.08. The number of carbonyl (C=O) groups is 1. The molecule has 1 amide bonds. The molecule has 2 aromatic rings. The van der Waals surface area contributed by atoms with Crippen LogP contribution in [0.1, 0.15) is 39.4 Å². The third-order valence-corrected chi connectivity index (χ3v) is 5.09. The fraction of sp³-hybridized carbons (Fsp3) is 0.350. The Labute approximate surface area is 149 Å². The number of rotatable bonds is 3. The standard InChI is InChI=1S/C20H22N2O.ClH/c23-20(22-17-11-14-5-1-2-6-15(14)12-17)19-8-4-3-7-18(19)16-9-10-21-13-16;/h1-8,16-17,21H,9-13H2,(H,22,23);1H. The highest BCUT2D eigenvalue weighted by atomic mass is 35.5. The summed E-state index contributed by atoms with van der Waals surface area (Å²) < 4.78 is 0. The van der Waals surface area contributed by atoms with Gasteiger partial charge < -0.3 is 10.6 Å². The quantitative estimate of drug-likeness (QED) is 0.900. The molecule has 1 saturated heterocycles. The topological polar surface area (TPSA) is 41.1 Å². The summed E-state index contributed by atoms with van der Waals surface area (Å²) in [7, 11) is 0. The first kappa shape index (κ1) is 17.0. The summed E-state index contributed by atoms with van der Waals surface area (Å²) >= 11 is 0. The van der Waals surface area contributed by atoms with Gasteiger partial charge in [0.15, 0.2) is 0 Å². The Morgan fingerprint density at radius 1 is 1.00 bits per heavy atom. The van der Waals surface area contributed by atoms with Gasteiger partial charge in [-0.2, -0.15) is 0 Å². The second-order valence-corrected chi connectivity index (χ2v) is 6.62. The van der Waals surface area contributed by atoms with Gasteiger partial charge in [0.25, 0.3) is 5.91 Å². The molecule has 3 nitrogen and oxygen atoms in total. The van der Waals surface area contributed by atoms with E-state index in [0.717, 1.165) is 37.9 Å². The molecule has 2 aromatic carbocycles. The number of halogens is 1. The van der Waals surface area contributed by atoms with E-state index in [0.29, 0.717) is 5.92 Å². The first-order chi connectivity index (χ1) is 11.3. The van der Waals surface area contributed by atoms with Crippen LogP contribution in [0.2, 0.25) is 0 Å². The summed E-state index contributed by atoms with van der Waals surface area (Å²) in [6, 6.07) is 16.8. The maximum atomic E-state index is 12.8. The number of benzene rings is 2.